The van der Waals surface area contributed by atoms with Crippen molar-refractivity contribution in [3.05, 3.63) is 0 Å². The van der Waals surface area contributed by atoms with Gasteiger partial charge in [-0.05, 0) is 44.3 Å². The number of hydrogen-bond acceptors (Lipinski definition) is 3. The largest absolute Gasteiger partial charge is 0.342 e. The molecule has 0 aromatic rings. The van der Waals surface area contributed by atoms with Crippen LogP contribution >= 0.6 is 11.8 Å². The van der Waals surface area contributed by atoms with Crippen molar-refractivity contribution in [2.24, 2.45) is 0 Å². The number of rotatable bonds is 2. The normalized spacial score (nSPS) is 39.6. The Hall–Kier alpha value is -0.220. The van der Waals surface area contributed by atoms with Crippen LogP contribution in [-0.4, -0.2) is 47.0 Å². The molecule has 0 aliphatic carbocycles. The first-order valence-electron chi connectivity index (χ1n) is 7.38. The Morgan fingerprint density at radius 2 is 1.89 bits per heavy atom. The first kappa shape index (κ1) is 12.8. The molecule has 0 radical (unpaired) electrons. The van der Waals surface area contributed by atoms with Crippen molar-refractivity contribution in [3.63, 3.8) is 0 Å². The van der Waals surface area contributed by atoms with Gasteiger partial charge in [0.1, 0.15) is 0 Å². The van der Waals surface area contributed by atoms with Crippen LogP contribution in [-0.2, 0) is 4.79 Å². The van der Waals surface area contributed by atoms with Crippen LogP contribution in [0.15, 0.2) is 0 Å². The second-order valence-corrected chi connectivity index (χ2v) is 7.38. The van der Waals surface area contributed by atoms with Gasteiger partial charge in [0.15, 0.2) is 0 Å². The molecule has 0 aromatic carbocycles. The van der Waals surface area contributed by atoms with Crippen molar-refractivity contribution < 1.29 is 4.79 Å². The van der Waals surface area contributed by atoms with Crippen LogP contribution in [0, 0.1) is 0 Å². The zero-order valence-electron chi connectivity index (χ0n) is 11.2. The van der Waals surface area contributed by atoms with E-state index in [1.54, 1.807) is 0 Å². The fourth-order valence-electron chi connectivity index (χ4n) is 3.69. The van der Waals surface area contributed by atoms with E-state index < -0.39 is 0 Å². The maximum absolute atomic E-state index is 12.5. The summed E-state index contributed by atoms with van der Waals surface area (Å²) < 4.78 is 0. The predicted octanol–water partition coefficient (Wildman–Crippen LogP) is 2.01. The molecule has 3 fully saturated rings. The molecular weight excluding hydrogens is 244 g/mol. The van der Waals surface area contributed by atoms with Crippen molar-refractivity contribution >= 4 is 17.7 Å². The second-order valence-electron chi connectivity index (χ2n) is 6.07. The molecule has 0 aromatic heterocycles. The lowest BCUT2D eigenvalue weighted by Crippen LogP contribution is -2.50. The first-order chi connectivity index (χ1) is 8.74. The van der Waals surface area contributed by atoms with E-state index in [1.807, 2.05) is 18.8 Å². The number of thioether (sulfide) groups is 1. The number of nitrogens with one attached hydrogen (secondary N) is 1. The lowest BCUT2D eigenvalue weighted by molar-refractivity contribution is -0.132. The Bertz CT molecular complexity index is 305. The van der Waals surface area contributed by atoms with Gasteiger partial charge in [0, 0.05) is 25.2 Å². The van der Waals surface area contributed by atoms with Gasteiger partial charge < -0.3 is 10.2 Å². The van der Waals surface area contributed by atoms with Crippen LogP contribution in [0.3, 0.4) is 0 Å². The third-order valence-electron chi connectivity index (χ3n) is 4.80. The minimum Gasteiger partial charge on any atom is -0.342 e. The lowest BCUT2D eigenvalue weighted by atomic mass is 9.98. The van der Waals surface area contributed by atoms with Gasteiger partial charge in [-0.2, -0.15) is 0 Å². The molecule has 3 unspecified atom stereocenters. The van der Waals surface area contributed by atoms with E-state index in [4.69, 9.17) is 0 Å². The minimum absolute atomic E-state index is 0.247. The van der Waals surface area contributed by atoms with Crippen molar-refractivity contribution in [2.75, 3.05) is 12.8 Å². The molecule has 1 amide bonds. The highest BCUT2D eigenvalue weighted by molar-refractivity contribution is 8.00. The summed E-state index contributed by atoms with van der Waals surface area (Å²) >= 11 is 1.87. The summed E-state index contributed by atoms with van der Waals surface area (Å²) in [6, 6.07) is 1.82. The van der Waals surface area contributed by atoms with Crippen molar-refractivity contribution in [1.29, 1.82) is 0 Å². The van der Waals surface area contributed by atoms with Crippen LogP contribution in [0.1, 0.15) is 44.9 Å². The number of nitrogens with zero attached hydrogens (tertiary/aromatic N) is 1. The Kier molecular flexibility index (Phi) is 3.85. The van der Waals surface area contributed by atoms with Gasteiger partial charge in [0.25, 0.3) is 0 Å². The zero-order chi connectivity index (χ0) is 12.5. The lowest BCUT2D eigenvalue weighted by Gasteiger charge is -2.37. The van der Waals surface area contributed by atoms with E-state index >= 15 is 0 Å². The standard InChI is InChI=1S/C14H24N2OS/c1-16(14(17)13-4-2-3-7-18-13)12-8-10-5-6-11(9-12)15-10/h10-13,15H,2-9H2,1H3. The number of carbonyl (C=O) groups excluding carboxylic acids is 1. The summed E-state index contributed by atoms with van der Waals surface area (Å²) in [5, 5.41) is 3.90. The third-order valence-corrected chi connectivity index (χ3v) is 6.16. The highest BCUT2D eigenvalue weighted by Gasteiger charge is 2.37. The average molecular weight is 268 g/mol. The fraction of sp³-hybridized carbons (Fsp3) is 0.929. The van der Waals surface area contributed by atoms with E-state index in [9.17, 15) is 4.79 Å². The second kappa shape index (κ2) is 5.41. The van der Waals surface area contributed by atoms with E-state index in [-0.39, 0.29) is 5.25 Å². The maximum atomic E-state index is 12.5. The molecule has 18 heavy (non-hydrogen) atoms. The van der Waals surface area contributed by atoms with E-state index in [0.29, 0.717) is 24.0 Å². The molecule has 3 heterocycles. The molecule has 0 saturated carbocycles. The SMILES string of the molecule is CN(C(=O)C1CCCCS1)C1CC2CCC(C1)N2. The molecule has 2 bridgehead atoms. The molecule has 3 saturated heterocycles. The van der Waals surface area contributed by atoms with Gasteiger partial charge in [-0.1, -0.05) is 6.42 Å². The topological polar surface area (TPSA) is 32.3 Å². The smallest absolute Gasteiger partial charge is 0.235 e. The van der Waals surface area contributed by atoms with E-state index in [1.165, 1.54) is 31.4 Å². The Balaban J connectivity index is 1.59. The fourth-order valence-corrected chi connectivity index (χ4v) is 4.98. The number of fused-ring (bicyclic) bond motifs is 2. The molecule has 3 aliphatic heterocycles. The van der Waals surface area contributed by atoms with Gasteiger partial charge in [0.05, 0.1) is 5.25 Å². The average Bonchev–Trinajstić information content (AvgIpc) is 2.77. The van der Waals surface area contributed by atoms with Crippen LogP contribution < -0.4 is 5.32 Å². The van der Waals surface area contributed by atoms with Gasteiger partial charge in [-0.3, -0.25) is 4.79 Å². The van der Waals surface area contributed by atoms with E-state index in [2.05, 4.69) is 10.2 Å². The van der Waals surface area contributed by atoms with E-state index in [0.717, 1.165) is 19.3 Å². The van der Waals surface area contributed by atoms with Gasteiger partial charge in [-0.15, -0.1) is 11.8 Å². The summed E-state index contributed by atoms with van der Waals surface area (Å²) in [6.45, 7) is 0. The van der Waals surface area contributed by atoms with Gasteiger partial charge in [-0.25, -0.2) is 0 Å². The molecule has 1 N–H and O–H groups in total. The number of carbonyl (C=O) groups is 1. The summed E-state index contributed by atoms with van der Waals surface area (Å²) in [7, 11) is 2.03. The summed E-state index contributed by atoms with van der Waals surface area (Å²) in [4.78, 5) is 14.6. The van der Waals surface area contributed by atoms with Crippen molar-refractivity contribution in [2.45, 2.75) is 68.3 Å². The van der Waals surface area contributed by atoms with Crippen LogP contribution in [0.25, 0.3) is 0 Å². The number of hydrogen-bond donors (Lipinski definition) is 1. The highest BCUT2D eigenvalue weighted by atomic mass is 32.2. The molecular formula is C14H24N2OS. The zero-order valence-corrected chi connectivity index (χ0v) is 12.0. The van der Waals surface area contributed by atoms with Gasteiger partial charge in [0.2, 0.25) is 5.91 Å². The number of piperidine rings is 1. The first-order valence-corrected chi connectivity index (χ1v) is 8.43. The summed E-state index contributed by atoms with van der Waals surface area (Å²) in [5.41, 5.74) is 0. The molecule has 3 aliphatic rings. The molecule has 3 rings (SSSR count). The molecule has 102 valence electrons. The predicted molar refractivity (Wildman–Crippen MR) is 75.8 cm³/mol. The van der Waals surface area contributed by atoms with Crippen LogP contribution in [0.2, 0.25) is 0 Å². The Labute approximate surface area is 114 Å². The Morgan fingerprint density at radius 3 is 2.50 bits per heavy atom. The molecule has 3 nitrogen and oxygen atoms in total. The summed E-state index contributed by atoms with van der Waals surface area (Å²) in [5.74, 6) is 1.56. The molecule has 4 heteroatoms. The number of amides is 1. The monoisotopic (exact) mass is 268 g/mol. The van der Waals surface area contributed by atoms with Crippen molar-refractivity contribution in [3.8, 4) is 0 Å². The van der Waals surface area contributed by atoms with Crippen LogP contribution in [0.5, 0.6) is 0 Å². The quantitative estimate of drug-likeness (QED) is 0.831. The minimum atomic E-state index is 0.247. The Morgan fingerprint density at radius 1 is 1.17 bits per heavy atom. The summed E-state index contributed by atoms with van der Waals surface area (Å²) in [6.07, 6.45) is 8.55. The molecule has 0 spiro atoms. The maximum Gasteiger partial charge on any atom is 0.235 e. The highest BCUT2D eigenvalue weighted by Crippen LogP contribution is 2.32. The van der Waals surface area contributed by atoms with Gasteiger partial charge >= 0.3 is 0 Å². The van der Waals surface area contributed by atoms with Crippen molar-refractivity contribution in [1.82, 2.24) is 10.2 Å². The molecule has 3 atom stereocenters. The third kappa shape index (κ3) is 2.55. The van der Waals surface area contributed by atoms with Crippen LogP contribution in [0.4, 0.5) is 0 Å².